The molecular formula is C17H16FNO2. The number of fused-ring (bicyclic) bond motifs is 3. The Morgan fingerprint density at radius 1 is 1.38 bits per heavy atom. The summed E-state index contributed by atoms with van der Waals surface area (Å²) in [4.78, 5) is 10.9. The van der Waals surface area contributed by atoms with Crippen LogP contribution >= 0.6 is 0 Å². The summed E-state index contributed by atoms with van der Waals surface area (Å²) in [5.41, 5.74) is 7.05. The minimum absolute atomic E-state index is 0.300. The van der Waals surface area contributed by atoms with Crippen LogP contribution in [0.2, 0.25) is 0 Å². The van der Waals surface area contributed by atoms with Gasteiger partial charge in [-0.1, -0.05) is 24.3 Å². The van der Waals surface area contributed by atoms with Crippen molar-refractivity contribution in [1.29, 1.82) is 0 Å². The first kappa shape index (κ1) is 13.6. The van der Waals surface area contributed by atoms with Gasteiger partial charge < -0.3 is 10.5 Å². The monoisotopic (exact) mass is 285 g/mol. The van der Waals surface area contributed by atoms with Crippen LogP contribution in [0.1, 0.15) is 24.0 Å². The van der Waals surface area contributed by atoms with E-state index in [1.165, 1.54) is 6.07 Å². The quantitative estimate of drug-likeness (QED) is 0.938. The molecule has 2 N–H and O–H groups in total. The van der Waals surface area contributed by atoms with E-state index in [1.54, 1.807) is 0 Å². The number of benzene rings is 2. The summed E-state index contributed by atoms with van der Waals surface area (Å²) < 4.78 is 19.5. The summed E-state index contributed by atoms with van der Waals surface area (Å²) in [6.07, 6.45) is 5.55. The Bertz CT molecular complexity index is 737. The van der Waals surface area contributed by atoms with Gasteiger partial charge in [-0.25, -0.2) is 4.39 Å². The van der Waals surface area contributed by atoms with Crippen LogP contribution in [0, 0.1) is 5.82 Å². The molecule has 0 aliphatic carbocycles. The van der Waals surface area contributed by atoms with E-state index < -0.39 is 0 Å². The Morgan fingerprint density at radius 2 is 2.24 bits per heavy atom. The summed E-state index contributed by atoms with van der Waals surface area (Å²) in [5.74, 6) is -0.324. The minimum Gasteiger partial charge on any atom is -0.486 e. The number of hydrogen-bond acceptors (Lipinski definition) is 2. The van der Waals surface area contributed by atoms with Gasteiger partial charge in [0.15, 0.2) is 11.6 Å². The fraction of sp³-hybridized carbons (Fsp3) is 0.235. The largest absolute Gasteiger partial charge is 0.486 e. The number of rotatable bonds is 4. The van der Waals surface area contributed by atoms with Crippen molar-refractivity contribution in [3.63, 3.8) is 0 Å². The molecule has 0 saturated carbocycles. The normalized spacial score (nSPS) is 13.0. The van der Waals surface area contributed by atoms with Crippen LogP contribution in [-0.2, 0) is 11.2 Å². The fourth-order valence-electron chi connectivity index (χ4n) is 2.78. The van der Waals surface area contributed by atoms with Gasteiger partial charge in [-0.15, -0.1) is 0 Å². The van der Waals surface area contributed by atoms with Gasteiger partial charge in [-0.05, 0) is 41.3 Å². The van der Waals surface area contributed by atoms with Crippen molar-refractivity contribution < 1.29 is 13.9 Å². The van der Waals surface area contributed by atoms with Crippen LogP contribution in [-0.4, -0.2) is 12.5 Å². The standard InChI is InChI=1S/C17H16FNO2/c18-14-10-12-6-1-4-11(5-2-8-15(19)20)16(12)13-7-3-9-21-17(13)14/h1,3-4,6-7,10H,2,5,8-9H2,(H2,19,20). The number of carbonyl (C=O) groups excluding carboxylic acids is 1. The van der Waals surface area contributed by atoms with Gasteiger partial charge in [0.05, 0.1) is 0 Å². The lowest BCUT2D eigenvalue weighted by molar-refractivity contribution is -0.118. The molecule has 0 saturated heterocycles. The third-order valence-electron chi connectivity index (χ3n) is 3.67. The maximum atomic E-state index is 14.1. The topological polar surface area (TPSA) is 52.3 Å². The second-order valence-corrected chi connectivity index (χ2v) is 5.15. The van der Waals surface area contributed by atoms with Gasteiger partial charge in [-0.2, -0.15) is 0 Å². The van der Waals surface area contributed by atoms with E-state index in [0.717, 1.165) is 28.3 Å². The summed E-state index contributed by atoms with van der Waals surface area (Å²) in [6, 6.07) is 7.30. The highest BCUT2D eigenvalue weighted by Gasteiger charge is 2.17. The smallest absolute Gasteiger partial charge is 0.217 e. The lowest BCUT2D eigenvalue weighted by Gasteiger charge is -2.17. The molecule has 1 aliphatic rings. The van der Waals surface area contributed by atoms with Crippen LogP contribution < -0.4 is 10.5 Å². The average Bonchev–Trinajstić information content (AvgIpc) is 2.47. The SMILES string of the molecule is NC(=O)CCCc1cccc2cc(F)c3c(c12)C=CCO3. The highest BCUT2D eigenvalue weighted by Crippen LogP contribution is 2.36. The van der Waals surface area contributed by atoms with Crippen LogP contribution in [0.25, 0.3) is 16.8 Å². The molecular weight excluding hydrogens is 269 g/mol. The molecule has 3 rings (SSSR count). The molecule has 4 heteroatoms. The Morgan fingerprint density at radius 3 is 3.05 bits per heavy atom. The number of ether oxygens (including phenoxy) is 1. The maximum absolute atomic E-state index is 14.1. The predicted molar refractivity (Wildman–Crippen MR) is 80.6 cm³/mol. The van der Waals surface area contributed by atoms with E-state index in [1.807, 2.05) is 30.4 Å². The van der Waals surface area contributed by atoms with Crippen molar-refractivity contribution in [2.45, 2.75) is 19.3 Å². The van der Waals surface area contributed by atoms with Crippen molar-refractivity contribution >= 4 is 22.8 Å². The molecule has 0 spiro atoms. The van der Waals surface area contributed by atoms with Crippen LogP contribution in [0.3, 0.4) is 0 Å². The zero-order valence-electron chi connectivity index (χ0n) is 11.6. The number of aryl methyl sites for hydroxylation is 1. The highest BCUT2D eigenvalue weighted by molar-refractivity contribution is 5.96. The van der Waals surface area contributed by atoms with Crippen molar-refractivity contribution in [2.75, 3.05) is 6.61 Å². The van der Waals surface area contributed by atoms with Gasteiger partial charge in [0.2, 0.25) is 5.91 Å². The van der Waals surface area contributed by atoms with E-state index in [0.29, 0.717) is 25.2 Å². The first-order valence-corrected chi connectivity index (χ1v) is 6.98. The summed E-state index contributed by atoms with van der Waals surface area (Å²) >= 11 is 0. The summed E-state index contributed by atoms with van der Waals surface area (Å²) in [5, 5.41) is 1.84. The molecule has 0 atom stereocenters. The Hall–Kier alpha value is -2.36. The number of hydrogen-bond donors (Lipinski definition) is 1. The fourth-order valence-corrected chi connectivity index (χ4v) is 2.78. The lowest BCUT2D eigenvalue weighted by atomic mass is 9.94. The highest BCUT2D eigenvalue weighted by atomic mass is 19.1. The van der Waals surface area contributed by atoms with Crippen molar-refractivity contribution in [3.05, 3.63) is 47.3 Å². The van der Waals surface area contributed by atoms with E-state index in [-0.39, 0.29) is 11.7 Å². The summed E-state index contributed by atoms with van der Waals surface area (Å²) in [6.45, 7) is 0.388. The van der Waals surface area contributed by atoms with Crippen LogP contribution in [0.5, 0.6) is 5.75 Å². The number of halogens is 1. The molecule has 0 radical (unpaired) electrons. The molecule has 0 unspecified atom stereocenters. The van der Waals surface area contributed by atoms with Crippen molar-refractivity contribution in [3.8, 4) is 5.75 Å². The van der Waals surface area contributed by atoms with Gasteiger partial charge >= 0.3 is 0 Å². The van der Waals surface area contributed by atoms with E-state index in [2.05, 4.69) is 0 Å². The molecule has 108 valence electrons. The average molecular weight is 285 g/mol. The zero-order chi connectivity index (χ0) is 14.8. The number of primary amides is 1. The second kappa shape index (κ2) is 5.56. The zero-order valence-corrected chi connectivity index (χ0v) is 11.6. The van der Waals surface area contributed by atoms with E-state index >= 15 is 0 Å². The Kier molecular flexibility index (Phi) is 3.60. The third-order valence-corrected chi connectivity index (χ3v) is 3.67. The maximum Gasteiger partial charge on any atom is 0.217 e. The lowest BCUT2D eigenvalue weighted by Crippen LogP contribution is -2.10. The van der Waals surface area contributed by atoms with Crippen LogP contribution in [0.15, 0.2) is 30.3 Å². The molecule has 0 fully saturated rings. The molecule has 21 heavy (non-hydrogen) atoms. The van der Waals surface area contributed by atoms with E-state index in [9.17, 15) is 9.18 Å². The number of carbonyl (C=O) groups is 1. The van der Waals surface area contributed by atoms with Gasteiger partial charge in [-0.3, -0.25) is 4.79 Å². The molecule has 1 aliphatic heterocycles. The first-order chi connectivity index (χ1) is 10.2. The molecule has 0 aromatic heterocycles. The Labute approximate surface area is 122 Å². The van der Waals surface area contributed by atoms with Gasteiger partial charge in [0.1, 0.15) is 6.61 Å². The summed E-state index contributed by atoms with van der Waals surface area (Å²) in [7, 11) is 0. The molecule has 2 aromatic rings. The molecule has 1 amide bonds. The minimum atomic E-state index is -0.337. The third kappa shape index (κ3) is 2.61. The molecule has 0 bridgehead atoms. The molecule has 3 nitrogen and oxygen atoms in total. The predicted octanol–water partition coefficient (Wildman–Crippen LogP) is 3.19. The van der Waals surface area contributed by atoms with Crippen molar-refractivity contribution in [1.82, 2.24) is 0 Å². The number of nitrogens with two attached hydrogens (primary N) is 1. The second-order valence-electron chi connectivity index (χ2n) is 5.15. The molecule has 1 heterocycles. The molecule has 2 aromatic carbocycles. The van der Waals surface area contributed by atoms with E-state index in [4.69, 9.17) is 10.5 Å². The van der Waals surface area contributed by atoms with Crippen molar-refractivity contribution in [2.24, 2.45) is 5.73 Å². The Balaban J connectivity index is 2.09. The van der Waals surface area contributed by atoms with Crippen LogP contribution in [0.4, 0.5) is 4.39 Å². The first-order valence-electron chi connectivity index (χ1n) is 6.98. The van der Waals surface area contributed by atoms with Gasteiger partial charge in [0, 0.05) is 12.0 Å². The van der Waals surface area contributed by atoms with Gasteiger partial charge in [0.25, 0.3) is 0 Å². The number of amides is 1.